The maximum absolute atomic E-state index is 12.5. The van der Waals surface area contributed by atoms with Crippen molar-refractivity contribution in [3.63, 3.8) is 0 Å². The number of aromatic nitrogens is 1. The number of anilines is 1. The highest BCUT2D eigenvalue weighted by Crippen LogP contribution is 2.21. The lowest BCUT2D eigenvalue weighted by molar-refractivity contribution is 0.0984. The van der Waals surface area contributed by atoms with E-state index in [2.05, 4.69) is 0 Å². The van der Waals surface area contributed by atoms with Crippen LogP contribution in [0, 0.1) is 0 Å². The fourth-order valence-corrected chi connectivity index (χ4v) is 2.27. The van der Waals surface area contributed by atoms with Crippen molar-refractivity contribution in [2.75, 3.05) is 11.9 Å². The number of amides is 1. The number of aryl methyl sites for hydroxylation is 1. The molecule has 4 nitrogen and oxygen atoms in total. The van der Waals surface area contributed by atoms with Crippen molar-refractivity contribution in [1.82, 2.24) is 4.57 Å². The van der Waals surface area contributed by atoms with Crippen LogP contribution >= 0.6 is 11.6 Å². The molecule has 1 N–H and O–H groups in total. The van der Waals surface area contributed by atoms with Crippen LogP contribution in [0.5, 0.6) is 5.75 Å². The first-order valence-corrected chi connectivity index (χ1v) is 6.83. The van der Waals surface area contributed by atoms with Crippen LogP contribution in [0.4, 0.5) is 5.69 Å². The number of benzene rings is 1. The third kappa shape index (κ3) is 2.96. The van der Waals surface area contributed by atoms with Crippen LogP contribution in [0.3, 0.4) is 0 Å². The van der Waals surface area contributed by atoms with Gasteiger partial charge in [0, 0.05) is 25.5 Å². The van der Waals surface area contributed by atoms with Crippen LogP contribution in [0.15, 0.2) is 36.5 Å². The number of phenolic OH excluding ortho intramolecular Hbond substituents is 1. The largest absolute Gasteiger partial charge is 0.508 e. The summed E-state index contributed by atoms with van der Waals surface area (Å²) in [6, 6.07) is 8.18. The van der Waals surface area contributed by atoms with E-state index in [9.17, 15) is 9.90 Å². The summed E-state index contributed by atoms with van der Waals surface area (Å²) < 4.78 is 1.86. The molecule has 0 saturated heterocycles. The molecule has 0 saturated carbocycles. The lowest BCUT2D eigenvalue weighted by Gasteiger charge is -2.18. The van der Waals surface area contributed by atoms with E-state index in [1.54, 1.807) is 43.6 Å². The zero-order valence-corrected chi connectivity index (χ0v) is 12.3. The average molecular weight is 293 g/mol. The van der Waals surface area contributed by atoms with Crippen LogP contribution in [0.2, 0.25) is 5.02 Å². The molecule has 1 heterocycles. The maximum Gasteiger partial charge on any atom is 0.274 e. The number of hydrogen-bond donors (Lipinski definition) is 1. The van der Waals surface area contributed by atoms with E-state index in [4.69, 9.17) is 11.6 Å². The second-order valence-electron chi connectivity index (χ2n) is 4.62. The summed E-state index contributed by atoms with van der Waals surface area (Å²) in [5, 5.41) is 9.84. The van der Waals surface area contributed by atoms with E-state index >= 15 is 0 Å². The standard InChI is InChI=1S/C15H17ClN2O2/c1-3-8-18-10-11(16)9-14(18)15(20)17(2)12-4-6-13(19)7-5-12/h4-7,9-10,19H,3,8H2,1-2H3. The van der Waals surface area contributed by atoms with E-state index < -0.39 is 0 Å². The third-order valence-corrected chi connectivity index (χ3v) is 3.30. The molecule has 0 unspecified atom stereocenters. The molecule has 0 fully saturated rings. The minimum atomic E-state index is -0.129. The smallest absolute Gasteiger partial charge is 0.274 e. The van der Waals surface area contributed by atoms with Crippen molar-refractivity contribution < 1.29 is 9.90 Å². The van der Waals surface area contributed by atoms with Crippen molar-refractivity contribution in [3.05, 3.63) is 47.2 Å². The molecule has 5 heteroatoms. The molecule has 1 aromatic heterocycles. The molecule has 0 aliphatic heterocycles. The summed E-state index contributed by atoms with van der Waals surface area (Å²) in [4.78, 5) is 14.1. The molecule has 1 aromatic carbocycles. The summed E-state index contributed by atoms with van der Waals surface area (Å²) in [5.41, 5.74) is 1.28. The highest BCUT2D eigenvalue weighted by molar-refractivity contribution is 6.31. The number of nitrogens with zero attached hydrogens (tertiary/aromatic N) is 2. The fourth-order valence-electron chi connectivity index (χ4n) is 2.05. The van der Waals surface area contributed by atoms with Crippen molar-refractivity contribution in [1.29, 1.82) is 0 Å². The molecule has 106 valence electrons. The Morgan fingerprint density at radius 2 is 2.00 bits per heavy atom. The van der Waals surface area contributed by atoms with E-state index in [0.717, 1.165) is 13.0 Å². The van der Waals surface area contributed by atoms with Gasteiger partial charge in [0.2, 0.25) is 0 Å². The molecule has 0 aliphatic carbocycles. The SMILES string of the molecule is CCCn1cc(Cl)cc1C(=O)N(C)c1ccc(O)cc1. The number of aromatic hydroxyl groups is 1. The Hall–Kier alpha value is -1.94. The van der Waals surface area contributed by atoms with Crippen molar-refractivity contribution in [3.8, 4) is 5.75 Å². The van der Waals surface area contributed by atoms with Gasteiger partial charge in [0.05, 0.1) is 5.02 Å². The lowest BCUT2D eigenvalue weighted by atomic mass is 10.2. The molecule has 2 rings (SSSR count). The van der Waals surface area contributed by atoms with E-state index in [1.165, 1.54) is 4.90 Å². The predicted molar refractivity (Wildman–Crippen MR) is 80.6 cm³/mol. The van der Waals surface area contributed by atoms with Gasteiger partial charge in [0.15, 0.2) is 0 Å². The van der Waals surface area contributed by atoms with Crippen LogP contribution in [-0.2, 0) is 6.54 Å². The summed E-state index contributed by atoms with van der Waals surface area (Å²) >= 11 is 5.99. The van der Waals surface area contributed by atoms with E-state index in [-0.39, 0.29) is 11.7 Å². The zero-order valence-electron chi connectivity index (χ0n) is 11.5. The Balaban J connectivity index is 2.28. The topological polar surface area (TPSA) is 45.5 Å². The molecular formula is C15H17ClN2O2. The van der Waals surface area contributed by atoms with Crippen LogP contribution in [0.25, 0.3) is 0 Å². The lowest BCUT2D eigenvalue weighted by Crippen LogP contribution is -2.28. The van der Waals surface area contributed by atoms with Crippen molar-refractivity contribution >= 4 is 23.2 Å². The van der Waals surface area contributed by atoms with Gasteiger partial charge in [-0.25, -0.2) is 0 Å². The van der Waals surface area contributed by atoms with Gasteiger partial charge in [-0.15, -0.1) is 0 Å². The Labute approximate surface area is 123 Å². The van der Waals surface area contributed by atoms with Gasteiger partial charge >= 0.3 is 0 Å². The number of hydrogen-bond acceptors (Lipinski definition) is 2. The maximum atomic E-state index is 12.5. The van der Waals surface area contributed by atoms with Gasteiger partial charge < -0.3 is 14.6 Å². The number of phenols is 1. The summed E-state index contributed by atoms with van der Waals surface area (Å²) in [5.74, 6) is 0.0445. The molecule has 0 bridgehead atoms. The van der Waals surface area contributed by atoms with Crippen LogP contribution < -0.4 is 4.90 Å². The molecular weight excluding hydrogens is 276 g/mol. The number of rotatable bonds is 4. The first kappa shape index (κ1) is 14.5. The molecule has 0 spiro atoms. The number of carbonyl (C=O) groups is 1. The van der Waals surface area contributed by atoms with Crippen LogP contribution in [-0.4, -0.2) is 22.6 Å². The number of halogens is 1. The third-order valence-electron chi connectivity index (χ3n) is 3.09. The molecule has 20 heavy (non-hydrogen) atoms. The quantitative estimate of drug-likeness (QED) is 0.937. The normalized spacial score (nSPS) is 10.6. The highest BCUT2D eigenvalue weighted by Gasteiger charge is 2.18. The highest BCUT2D eigenvalue weighted by atomic mass is 35.5. The Morgan fingerprint density at radius 3 is 2.60 bits per heavy atom. The van der Waals surface area contributed by atoms with Gasteiger partial charge in [0.25, 0.3) is 5.91 Å². The molecule has 1 amide bonds. The van der Waals surface area contributed by atoms with Gasteiger partial charge in [0.1, 0.15) is 11.4 Å². The first-order chi connectivity index (χ1) is 9.52. The van der Waals surface area contributed by atoms with Gasteiger partial charge in [-0.3, -0.25) is 4.79 Å². The Morgan fingerprint density at radius 1 is 1.35 bits per heavy atom. The monoisotopic (exact) mass is 292 g/mol. The second-order valence-corrected chi connectivity index (χ2v) is 5.05. The fraction of sp³-hybridized carbons (Fsp3) is 0.267. The minimum absolute atomic E-state index is 0.129. The van der Waals surface area contributed by atoms with E-state index in [0.29, 0.717) is 16.4 Å². The molecule has 0 aliphatic rings. The van der Waals surface area contributed by atoms with Gasteiger partial charge in [-0.1, -0.05) is 18.5 Å². The summed E-state index contributed by atoms with van der Waals surface area (Å²) in [6.45, 7) is 2.79. The zero-order chi connectivity index (χ0) is 14.7. The van der Waals surface area contributed by atoms with Gasteiger partial charge in [-0.2, -0.15) is 0 Å². The molecule has 0 radical (unpaired) electrons. The first-order valence-electron chi connectivity index (χ1n) is 6.45. The minimum Gasteiger partial charge on any atom is -0.508 e. The summed E-state index contributed by atoms with van der Waals surface area (Å²) in [7, 11) is 1.70. The predicted octanol–water partition coefficient (Wildman–Crippen LogP) is 3.53. The second kappa shape index (κ2) is 6.01. The Kier molecular flexibility index (Phi) is 4.35. The molecule has 0 atom stereocenters. The van der Waals surface area contributed by atoms with Crippen molar-refractivity contribution in [2.24, 2.45) is 0 Å². The van der Waals surface area contributed by atoms with E-state index in [1.807, 2.05) is 11.5 Å². The van der Waals surface area contributed by atoms with Gasteiger partial charge in [-0.05, 0) is 36.8 Å². The summed E-state index contributed by atoms with van der Waals surface area (Å²) in [6.07, 6.45) is 2.69. The number of carbonyl (C=O) groups excluding carboxylic acids is 1. The Bertz CT molecular complexity index is 605. The molecule has 2 aromatic rings. The van der Waals surface area contributed by atoms with Crippen molar-refractivity contribution in [2.45, 2.75) is 19.9 Å². The van der Waals surface area contributed by atoms with Crippen LogP contribution in [0.1, 0.15) is 23.8 Å². The average Bonchev–Trinajstić information content (AvgIpc) is 2.79.